The number of esters is 1. The van der Waals surface area contributed by atoms with Gasteiger partial charge in [0.1, 0.15) is 12.7 Å². The minimum Gasteiger partial charge on any atom is -0.465 e. The molecule has 8 heteroatoms. The monoisotopic (exact) mass is 228 g/mol. The quantitative estimate of drug-likeness (QED) is 0.442. The normalized spacial score (nSPS) is 9.88. The van der Waals surface area contributed by atoms with E-state index in [0.717, 1.165) is 0 Å². The molecule has 0 unspecified atom stereocenters. The first kappa shape index (κ1) is 12.0. The molecule has 0 bridgehead atoms. The number of hydrogen-bond acceptors (Lipinski definition) is 6. The molecule has 0 amide bonds. The van der Waals surface area contributed by atoms with Gasteiger partial charge in [0.25, 0.3) is 0 Å². The molecule has 1 heterocycles. The number of carbonyl (C=O) groups is 1. The van der Waals surface area contributed by atoms with E-state index >= 15 is 0 Å². The number of hydrogen-bond donors (Lipinski definition) is 1. The van der Waals surface area contributed by atoms with Crippen LogP contribution < -0.4 is 4.90 Å². The van der Waals surface area contributed by atoms with Crippen LogP contribution in [0.3, 0.4) is 0 Å². The Morgan fingerprint density at radius 1 is 1.75 bits per heavy atom. The largest absolute Gasteiger partial charge is 0.465 e. The fourth-order valence-electron chi connectivity index (χ4n) is 1.17. The number of nitrogens with one attached hydrogen (secondary N) is 1. The molecule has 0 aromatic carbocycles. The van der Waals surface area contributed by atoms with E-state index < -0.39 is 10.9 Å². The van der Waals surface area contributed by atoms with Crippen LogP contribution in [0, 0.1) is 10.1 Å². The Balaban J connectivity index is 2.72. The lowest BCUT2D eigenvalue weighted by Gasteiger charge is -2.14. The first-order chi connectivity index (χ1) is 7.56. The maximum atomic E-state index is 11.2. The molecular formula is C8H12N4O4. The summed E-state index contributed by atoms with van der Waals surface area (Å²) >= 11 is 0. The molecule has 0 atom stereocenters. The van der Waals surface area contributed by atoms with Crippen molar-refractivity contribution in [2.45, 2.75) is 6.92 Å². The number of H-pyrrole nitrogens is 1. The van der Waals surface area contributed by atoms with Crippen LogP contribution >= 0.6 is 0 Å². The van der Waals surface area contributed by atoms with Gasteiger partial charge < -0.3 is 19.8 Å². The van der Waals surface area contributed by atoms with Gasteiger partial charge in [-0.25, -0.2) is 0 Å². The average molecular weight is 228 g/mol. The molecule has 1 aromatic rings. The molecule has 1 aromatic heterocycles. The summed E-state index contributed by atoms with van der Waals surface area (Å²) in [6, 6.07) is 0. The SMILES string of the molecule is CCOC(=O)CN(C)c1cn[nH]c1[N+](=O)[O-]. The number of anilines is 1. The molecule has 0 saturated heterocycles. The van der Waals surface area contributed by atoms with Crippen LogP contribution in [0.25, 0.3) is 0 Å². The molecule has 0 saturated carbocycles. The summed E-state index contributed by atoms with van der Waals surface area (Å²) in [6.07, 6.45) is 1.29. The van der Waals surface area contributed by atoms with E-state index in [-0.39, 0.29) is 24.7 Å². The lowest BCUT2D eigenvalue weighted by molar-refractivity contribution is -0.388. The smallest absolute Gasteiger partial charge is 0.366 e. The summed E-state index contributed by atoms with van der Waals surface area (Å²) in [5.74, 6) is -0.688. The van der Waals surface area contributed by atoms with Gasteiger partial charge >= 0.3 is 11.8 Å². The number of aromatic amines is 1. The number of nitrogens with zero attached hydrogens (tertiary/aromatic N) is 3. The van der Waals surface area contributed by atoms with Crippen molar-refractivity contribution < 1.29 is 14.5 Å². The zero-order chi connectivity index (χ0) is 12.1. The molecule has 88 valence electrons. The van der Waals surface area contributed by atoms with Crippen LogP contribution in [0.4, 0.5) is 11.5 Å². The van der Waals surface area contributed by atoms with E-state index in [2.05, 4.69) is 10.2 Å². The van der Waals surface area contributed by atoms with Crippen molar-refractivity contribution in [2.75, 3.05) is 25.1 Å². The topological polar surface area (TPSA) is 101 Å². The Kier molecular flexibility index (Phi) is 3.81. The standard InChI is InChI=1S/C8H12N4O4/c1-3-16-7(13)5-11(2)6-4-9-10-8(6)12(14)15/h4H,3,5H2,1-2H3,(H,9,10). The Morgan fingerprint density at radius 3 is 3.00 bits per heavy atom. The molecule has 1 rings (SSSR count). The summed E-state index contributed by atoms with van der Waals surface area (Å²) in [5, 5.41) is 16.4. The molecule has 0 aliphatic heterocycles. The summed E-state index contributed by atoms with van der Waals surface area (Å²) in [6.45, 7) is 1.91. The van der Waals surface area contributed by atoms with E-state index in [4.69, 9.17) is 4.74 Å². The lowest BCUT2D eigenvalue weighted by Crippen LogP contribution is -2.27. The fourth-order valence-corrected chi connectivity index (χ4v) is 1.17. The van der Waals surface area contributed by atoms with Gasteiger partial charge in [-0.2, -0.15) is 0 Å². The molecule has 0 radical (unpaired) electrons. The van der Waals surface area contributed by atoms with Crippen molar-refractivity contribution in [3.8, 4) is 0 Å². The van der Waals surface area contributed by atoms with Gasteiger partial charge in [0, 0.05) is 7.05 Å². The minimum atomic E-state index is -0.593. The van der Waals surface area contributed by atoms with Gasteiger partial charge in [-0.15, -0.1) is 5.10 Å². The van der Waals surface area contributed by atoms with Crippen molar-refractivity contribution in [3.05, 3.63) is 16.3 Å². The second-order valence-corrected chi connectivity index (χ2v) is 3.02. The van der Waals surface area contributed by atoms with Gasteiger partial charge in [-0.1, -0.05) is 5.10 Å². The highest BCUT2D eigenvalue weighted by atomic mass is 16.6. The summed E-state index contributed by atoms with van der Waals surface area (Å²) in [4.78, 5) is 22.6. The maximum absolute atomic E-state index is 11.2. The van der Waals surface area contributed by atoms with Gasteiger partial charge in [-0.3, -0.25) is 4.79 Å². The third-order valence-electron chi connectivity index (χ3n) is 1.87. The van der Waals surface area contributed by atoms with Crippen molar-refractivity contribution in [2.24, 2.45) is 0 Å². The Hall–Kier alpha value is -2.12. The second-order valence-electron chi connectivity index (χ2n) is 3.02. The third-order valence-corrected chi connectivity index (χ3v) is 1.87. The van der Waals surface area contributed by atoms with Crippen LogP contribution in [0.1, 0.15) is 6.92 Å². The fraction of sp³-hybridized carbons (Fsp3) is 0.500. The average Bonchev–Trinajstić information content (AvgIpc) is 2.65. The van der Waals surface area contributed by atoms with Crippen molar-refractivity contribution in [3.63, 3.8) is 0 Å². The molecule has 0 spiro atoms. The Bertz CT molecular complexity index is 389. The van der Waals surface area contributed by atoms with Gasteiger partial charge in [0.15, 0.2) is 5.69 Å². The number of carbonyl (C=O) groups excluding carboxylic acids is 1. The summed E-state index contributed by atoms with van der Waals surface area (Å²) < 4.78 is 4.73. The van der Waals surface area contributed by atoms with Crippen LogP contribution in [0.15, 0.2) is 6.20 Å². The molecular weight excluding hydrogens is 216 g/mol. The number of ether oxygens (including phenoxy) is 1. The van der Waals surface area contributed by atoms with Crippen molar-refractivity contribution >= 4 is 17.5 Å². The molecule has 1 N–H and O–H groups in total. The molecule has 8 nitrogen and oxygen atoms in total. The van der Waals surface area contributed by atoms with E-state index in [0.29, 0.717) is 0 Å². The van der Waals surface area contributed by atoms with E-state index in [1.165, 1.54) is 11.1 Å². The molecule has 0 aliphatic carbocycles. The number of aromatic nitrogens is 2. The molecule has 0 aliphatic rings. The Morgan fingerprint density at radius 2 is 2.44 bits per heavy atom. The zero-order valence-electron chi connectivity index (χ0n) is 8.97. The maximum Gasteiger partial charge on any atom is 0.366 e. The van der Waals surface area contributed by atoms with Crippen LogP contribution in [-0.4, -0.2) is 41.3 Å². The molecule has 0 fully saturated rings. The van der Waals surface area contributed by atoms with E-state index in [1.54, 1.807) is 14.0 Å². The van der Waals surface area contributed by atoms with Crippen LogP contribution in [0.5, 0.6) is 0 Å². The molecule has 16 heavy (non-hydrogen) atoms. The first-order valence-corrected chi connectivity index (χ1v) is 4.60. The van der Waals surface area contributed by atoms with Crippen molar-refractivity contribution in [1.29, 1.82) is 0 Å². The number of nitro groups is 1. The third kappa shape index (κ3) is 2.69. The highest BCUT2D eigenvalue weighted by Gasteiger charge is 2.20. The zero-order valence-corrected chi connectivity index (χ0v) is 8.97. The van der Waals surface area contributed by atoms with E-state index in [1.807, 2.05) is 0 Å². The van der Waals surface area contributed by atoms with Gasteiger partial charge in [-0.05, 0) is 11.8 Å². The summed E-state index contributed by atoms with van der Waals surface area (Å²) in [5.41, 5.74) is 0.248. The summed E-state index contributed by atoms with van der Waals surface area (Å²) in [7, 11) is 1.55. The van der Waals surface area contributed by atoms with Crippen molar-refractivity contribution in [1.82, 2.24) is 10.2 Å². The van der Waals surface area contributed by atoms with Crippen LogP contribution in [-0.2, 0) is 9.53 Å². The number of likely N-dealkylation sites (N-methyl/N-ethyl adjacent to an activating group) is 1. The number of rotatable bonds is 5. The van der Waals surface area contributed by atoms with Crippen LogP contribution in [0.2, 0.25) is 0 Å². The Labute approximate surface area is 91.3 Å². The predicted molar refractivity (Wildman–Crippen MR) is 55.1 cm³/mol. The second kappa shape index (κ2) is 5.10. The lowest BCUT2D eigenvalue weighted by atomic mass is 10.4. The van der Waals surface area contributed by atoms with Gasteiger partial charge in [0.05, 0.1) is 6.61 Å². The minimum absolute atomic E-state index is 0.0613. The van der Waals surface area contributed by atoms with E-state index in [9.17, 15) is 14.9 Å². The highest BCUT2D eigenvalue weighted by molar-refractivity contribution is 5.76. The predicted octanol–water partition coefficient (Wildman–Crippen LogP) is 0.317. The first-order valence-electron chi connectivity index (χ1n) is 4.60. The van der Waals surface area contributed by atoms with Gasteiger partial charge in [0.2, 0.25) is 0 Å². The highest BCUT2D eigenvalue weighted by Crippen LogP contribution is 2.23.